The van der Waals surface area contributed by atoms with E-state index in [0.717, 1.165) is 11.3 Å². The zero-order valence-electron chi connectivity index (χ0n) is 11.8. The van der Waals surface area contributed by atoms with Gasteiger partial charge in [-0.2, -0.15) is 5.26 Å². The molecule has 4 nitrogen and oxygen atoms in total. The molecule has 21 heavy (non-hydrogen) atoms. The lowest BCUT2D eigenvalue weighted by Crippen LogP contribution is -2.12. The molecule has 0 atom stereocenters. The van der Waals surface area contributed by atoms with Crippen LogP contribution >= 0.6 is 0 Å². The highest BCUT2D eigenvalue weighted by molar-refractivity contribution is 5.91. The van der Waals surface area contributed by atoms with Gasteiger partial charge in [0.1, 0.15) is 5.75 Å². The third-order valence-corrected chi connectivity index (χ3v) is 3.08. The van der Waals surface area contributed by atoms with Gasteiger partial charge >= 0.3 is 0 Å². The zero-order valence-corrected chi connectivity index (χ0v) is 11.8. The van der Waals surface area contributed by atoms with Crippen molar-refractivity contribution in [3.63, 3.8) is 0 Å². The number of carbonyl (C=O) groups is 1. The number of hydrogen-bond donors (Lipinski definition) is 1. The molecule has 0 unspecified atom stereocenters. The van der Waals surface area contributed by atoms with Crippen LogP contribution in [-0.2, 0) is 11.2 Å². The highest BCUT2D eigenvalue weighted by atomic mass is 16.5. The molecule has 0 radical (unpaired) electrons. The lowest BCUT2D eigenvalue weighted by atomic mass is 10.1. The van der Waals surface area contributed by atoms with E-state index < -0.39 is 0 Å². The number of nitrogens with one attached hydrogen (secondary N) is 1. The number of nitriles is 1. The molecule has 0 spiro atoms. The Kier molecular flexibility index (Phi) is 4.94. The molecular formula is C17H16N2O2. The maximum absolute atomic E-state index is 11.9. The summed E-state index contributed by atoms with van der Waals surface area (Å²) in [7, 11) is 1.62. The van der Waals surface area contributed by atoms with Crippen molar-refractivity contribution in [2.24, 2.45) is 0 Å². The van der Waals surface area contributed by atoms with E-state index in [9.17, 15) is 4.79 Å². The Morgan fingerprint density at radius 2 is 2.00 bits per heavy atom. The van der Waals surface area contributed by atoms with Crippen molar-refractivity contribution in [1.29, 1.82) is 5.26 Å². The van der Waals surface area contributed by atoms with Crippen molar-refractivity contribution in [1.82, 2.24) is 0 Å². The third kappa shape index (κ3) is 4.36. The van der Waals surface area contributed by atoms with Crippen LogP contribution in [0.5, 0.6) is 5.75 Å². The van der Waals surface area contributed by atoms with Crippen LogP contribution < -0.4 is 10.1 Å². The third-order valence-electron chi connectivity index (χ3n) is 3.08. The number of nitrogens with zero attached hydrogens (tertiary/aromatic N) is 1. The molecular weight excluding hydrogens is 264 g/mol. The van der Waals surface area contributed by atoms with Crippen LogP contribution in [0.4, 0.5) is 5.69 Å². The Balaban J connectivity index is 1.88. The number of aryl methyl sites for hydroxylation is 1. The Morgan fingerprint density at radius 1 is 1.24 bits per heavy atom. The normalized spacial score (nSPS) is 9.71. The lowest BCUT2D eigenvalue weighted by Gasteiger charge is -2.06. The molecule has 1 amide bonds. The number of carbonyl (C=O) groups excluding carboxylic acids is 1. The van der Waals surface area contributed by atoms with Crippen LogP contribution in [0.3, 0.4) is 0 Å². The van der Waals surface area contributed by atoms with Crippen LogP contribution in [0.15, 0.2) is 48.5 Å². The number of hydrogen-bond acceptors (Lipinski definition) is 3. The predicted molar refractivity (Wildman–Crippen MR) is 81.1 cm³/mol. The average molecular weight is 280 g/mol. The number of ether oxygens (including phenoxy) is 1. The summed E-state index contributed by atoms with van der Waals surface area (Å²) >= 11 is 0. The van der Waals surface area contributed by atoms with Crippen LogP contribution in [0, 0.1) is 11.3 Å². The predicted octanol–water partition coefficient (Wildman–Crippen LogP) is 3.14. The quantitative estimate of drug-likeness (QED) is 0.915. The fourth-order valence-electron chi connectivity index (χ4n) is 1.94. The molecule has 0 heterocycles. The second-order valence-corrected chi connectivity index (χ2v) is 4.59. The molecule has 0 aliphatic rings. The van der Waals surface area contributed by atoms with Gasteiger partial charge in [-0.05, 0) is 42.3 Å². The fourth-order valence-corrected chi connectivity index (χ4v) is 1.94. The minimum Gasteiger partial charge on any atom is -0.497 e. The molecule has 1 N–H and O–H groups in total. The first-order valence-electron chi connectivity index (χ1n) is 6.64. The second-order valence-electron chi connectivity index (χ2n) is 4.59. The van der Waals surface area contributed by atoms with Gasteiger partial charge < -0.3 is 10.1 Å². The standard InChI is InChI=1S/C17H16N2O2/c1-21-16-8-5-13(6-9-16)7-10-17(20)19-15-4-2-3-14(11-15)12-18/h2-6,8-9,11H,7,10H2,1H3,(H,19,20). The maximum Gasteiger partial charge on any atom is 0.224 e. The number of amides is 1. The van der Waals surface area contributed by atoms with Crippen molar-refractivity contribution >= 4 is 11.6 Å². The zero-order chi connectivity index (χ0) is 15.1. The molecule has 2 aromatic carbocycles. The second kappa shape index (κ2) is 7.11. The first-order valence-corrected chi connectivity index (χ1v) is 6.64. The molecule has 106 valence electrons. The van der Waals surface area contributed by atoms with Gasteiger partial charge in [-0.3, -0.25) is 4.79 Å². The molecule has 0 aliphatic heterocycles. The minimum absolute atomic E-state index is 0.0686. The van der Waals surface area contributed by atoms with E-state index in [1.54, 1.807) is 31.4 Å². The summed E-state index contributed by atoms with van der Waals surface area (Å²) in [5.74, 6) is 0.734. The van der Waals surface area contributed by atoms with Gasteiger partial charge in [-0.15, -0.1) is 0 Å². The first-order chi connectivity index (χ1) is 10.2. The van der Waals surface area contributed by atoms with Crippen LogP contribution in [0.1, 0.15) is 17.5 Å². The summed E-state index contributed by atoms with van der Waals surface area (Å²) in [5, 5.41) is 11.6. The molecule has 2 rings (SSSR count). The van der Waals surface area contributed by atoms with Gasteiger partial charge in [-0.1, -0.05) is 18.2 Å². The van der Waals surface area contributed by atoms with Crippen molar-refractivity contribution < 1.29 is 9.53 Å². The maximum atomic E-state index is 11.9. The molecule has 0 aliphatic carbocycles. The molecule has 4 heteroatoms. The van der Waals surface area contributed by atoms with E-state index in [1.165, 1.54) is 0 Å². The lowest BCUT2D eigenvalue weighted by molar-refractivity contribution is -0.116. The smallest absolute Gasteiger partial charge is 0.224 e. The van der Waals surface area contributed by atoms with E-state index in [1.807, 2.05) is 30.3 Å². The minimum atomic E-state index is -0.0686. The largest absolute Gasteiger partial charge is 0.497 e. The van der Waals surface area contributed by atoms with Crippen LogP contribution in [0.25, 0.3) is 0 Å². The summed E-state index contributed by atoms with van der Waals surface area (Å²) in [6.45, 7) is 0. The van der Waals surface area contributed by atoms with Gasteiger partial charge in [0, 0.05) is 12.1 Å². The summed E-state index contributed by atoms with van der Waals surface area (Å²) in [5.41, 5.74) is 2.26. The number of anilines is 1. The van der Waals surface area contributed by atoms with Crippen molar-refractivity contribution in [2.75, 3.05) is 12.4 Å². The topological polar surface area (TPSA) is 62.1 Å². The van der Waals surface area contributed by atoms with Crippen molar-refractivity contribution in [2.45, 2.75) is 12.8 Å². The summed E-state index contributed by atoms with van der Waals surface area (Å²) in [4.78, 5) is 11.9. The van der Waals surface area contributed by atoms with Gasteiger partial charge in [0.15, 0.2) is 0 Å². The molecule has 0 bridgehead atoms. The Bertz CT molecular complexity index is 657. The Hall–Kier alpha value is -2.80. The molecule has 0 fully saturated rings. The van der Waals surface area contributed by atoms with E-state index in [4.69, 9.17) is 10.00 Å². The van der Waals surface area contributed by atoms with Gasteiger partial charge in [0.05, 0.1) is 18.7 Å². The highest BCUT2D eigenvalue weighted by Crippen LogP contribution is 2.14. The summed E-state index contributed by atoms with van der Waals surface area (Å²) in [6, 6.07) is 16.6. The van der Waals surface area contributed by atoms with E-state index in [2.05, 4.69) is 5.32 Å². The SMILES string of the molecule is COc1ccc(CCC(=O)Nc2cccc(C#N)c2)cc1. The van der Waals surface area contributed by atoms with Crippen molar-refractivity contribution in [3.8, 4) is 11.8 Å². The summed E-state index contributed by atoms with van der Waals surface area (Å²) < 4.78 is 5.09. The van der Waals surface area contributed by atoms with Crippen LogP contribution in [0.2, 0.25) is 0 Å². The highest BCUT2D eigenvalue weighted by Gasteiger charge is 2.04. The number of methoxy groups -OCH3 is 1. The van der Waals surface area contributed by atoms with Gasteiger partial charge in [0.25, 0.3) is 0 Å². The number of rotatable bonds is 5. The fraction of sp³-hybridized carbons (Fsp3) is 0.176. The van der Waals surface area contributed by atoms with Crippen molar-refractivity contribution in [3.05, 3.63) is 59.7 Å². The Morgan fingerprint density at radius 3 is 2.67 bits per heavy atom. The van der Waals surface area contributed by atoms with E-state index in [0.29, 0.717) is 24.1 Å². The molecule has 0 aromatic heterocycles. The number of benzene rings is 2. The summed E-state index contributed by atoms with van der Waals surface area (Å²) in [6.07, 6.45) is 1.05. The van der Waals surface area contributed by atoms with E-state index >= 15 is 0 Å². The average Bonchev–Trinajstić information content (AvgIpc) is 2.53. The Labute approximate surface area is 124 Å². The first kappa shape index (κ1) is 14.6. The molecule has 2 aromatic rings. The van der Waals surface area contributed by atoms with Gasteiger partial charge in [-0.25, -0.2) is 0 Å². The van der Waals surface area contributed by atoms with Crippen LogP contribution in [-0.4, -0.2) is 13.0 Å². The van der Waals surface area contributed by atoms with E-state index in [-0.39, 0.29) is 5.91 Å². The van der Waals surface area contributed by atoms with Gasteiger partial charge in [0.2, 0.25) is 5.91 Å². The molecule has 0 saturated heterocycles. The molecule has 0 saturated carbocycles. The monoisotopic (exact) mass is 280 g/mol.